The summed E-state index contributed by atoms with van der Waals surface area (Å²) in [7, 11) is 0. The first-order valence-electron chi connectivity index (χ1n) is 21.8. The van der Waals surface area contributed by atoms with Crippen LogP contribution in [0.5, 0.6) is 0 Å². The molecule has 0 bridgehead atoms. The minimum atomic E-state index is -0.717. The van der Waals surface area contributed by atoms with Gasteiger partial charge < -0.3 is 4.90 Å². The van der Waals surface area contributed by atoms with E-state index in [1.807, 2.05) is 0 Å². The molecule has 0 amide bonds. The van der Waals surface area contributed by atoms with E-state index in [0.717, 1.165) is 17.1 Å². The Morgan fingerprint density at radius 3 is 1.08 bits per heavy atom. The number of benzene rings is 10. The molecule has 10 aromatic carbocycles. The largest absolute Gasteiger partial charge is 0.311 e. The molecule has 0 atom stereocenters. The summed E-state index contributed by atoms with van der Waals surface area (Å²) in [5.74, 6) is 0. The van der Waals surface area contributed by atoms with E-state index in [2.05, 4.69) is 267 Å². The Morgan fingerprint density at radius 2 is 0.619 bits per heavy atom. The Kier molecular flexibility index (Phi) is 9.71. The lowest BCUT2D eigenvalue weighted by Gasteiger charge is -2.39. The summed E-state index contributed by atoms with van der Waals surface area (Å²) in [6.45, 7) is 2.15. The predicted molar refractivity (Wildman–Crippen MR) is 265 cm³/mol. The molecule has 63 heavy (non-hydrogen) atoms. The van der Waals surface area contributed by atoms with E-state index in [1.54, 1.807) is 0 Å². The van der Waals surface area contributed by atoms with E-state index in [-0.39, 0.29) is 0 Å². The van der Waals surface area contributed by atoms with Gasteiger partial charge >= 0.3 is 0 Å². The number of nitrogens with zero attached hydrogens (tertiary/aromatic N) is 1. The molecule has 0 spiro atoms. The molecule has 0 radical (unpaired) electrons. The van der Waals surface area contributed by atoms with Crippen molar-refractivity contribution < 1.29 is 0 Å². The van der Waals surface area contributed by atoms with Crippen molar-refractivity contribution in [1.82, 2.24) is 0 Å². The first-order chi connectivity index (χ1) is 31.1. The molecule has 1 nitrogen and oxygen atoms in total. The minimum Gasteiger partial charge on any atom is -0.311 e. The molecular weight excluding hydrogens is 759 g/mol. The molecule has 298 valence electrons. The van der Waals surface area contributed by atoms with Crippen molar-refractivity contribution in [3.8, 4) is 55.6 Å². The van der Waals surface area contributed by atoms with Gasteiger partial charge in [0.2, 0.25) is 0 Å². The summed E-state index contributed by atoms with van der Waals surface area (Å²) in [5, 5.41) is 0. The number of aryl methyl sites for hydroxylation is 1. The Bertz CT molecular complexity index is 3060. The van der Waals surface area contributed by atoms with Gasteiger partial charge in [0, 0.05) is 17.1 Å². The average Bonchev–Trinajstić information content (AvgIpc) is 3.47. The Balaban J connectivity index is 1.18. The normalized spacial score (nSPS) is 12.3. The zero-order valence-electron chi connectivity index (χ0n) is 35.2. The van der Waals surface area contributed by atoms with E-state index < -0.39 is 5.41 Å². The summed E-state index contributed by atoms with van der Waals surface area (Å²) >= 11 is 0. The van der Waals surface area contributed by atoms with Gasteiger partial charge in [0.15, 0.2) is 0 Å². The molecule has 11 rings (SSSR count). The lowest BCUT2D eigenvalue weighted by atomic mass is 9.63. The van der Waals surface area contributed by atoms with Gasteiger partial charge in [0.1, 0.15) is 0 Å². The fourth-order valence-electron chi connectivity index (χ4n) is 9.85. The maximum atomic E-state index is 2.45. The van der Waals surface area contributed by atoms with Gasteiger partial charge in [-0.25, -0.2) is 0 Å². The summed E-state index contributed by atoms with van der Waals surface area (Å²) in [6, 6.07) is 93.9. The highest BCUT2D eigenvalue weighted by Gasteiger charge is 2.44. The average molecular weight is 804 g/mol. The summed E-state index contributed by atoms with van der Waals surface area (Å²) in [4.78, 5) is 2.37. The van der Waals surface area contributed by atoms with E-state index >= 15 is 0 Å². The molecule has 0 unspecified atom stereocenters. The zero-order chi connectivity index (χ0) is 42.2. The van der Waals surface area contributed by atoms with Crippen LogP contribution in [0.15, 0.2) is 255 Å². The van der Waals surface area contributed by atoms with E-state index in [4.69, 9.17) is 0 Å². The van der Waals surface area contributed by atoms with Crippen molar-refractivity contribution in [2.24, 2.45) is 0 Å². The standard InChI is InChI=1S/C62H45N/c1-44-29-35-53(36-30-44)63(54-37-31-48(32-38-54)45-17-5-2-6-18-45)55-39-33-51(34-40-55)62(52-42-49(46-19-7-3-8-20-46)41-50(43-52)47-21-9-4-10-22-47)60-27-15-13-25-58(60)56-23-11-12-24-57(56)59-26-14-16-28-61(59)62/h2-43H,1H3. The molecule has 1 aliphatic carbocycles. The van der Waals surface area contributed by atoms with Gasteiger partial charge in [-0.1, -0.05) is 206 Å². The highest BCUT2D eigenvalue weighted by molar-refractivity contribution is 5.93. The zero-order valence-corrected chi connectivity index (χ0v) is 35.2. The maximum absolute atomic E-state index is 2.45. The van der Waals surface area contributed by atoms with Gasteiger partial charge in [-0.05, 0) is 139 Å². The smallest absolute Gasteiger partial charge is 0.0714 e. The Morgan fingerprint density at radius 1 is 0.270 bits per heavy atom. The van der Waals surface area contributed by atoms with Crippen molar-refractivity contribution in [2.75, 3.05) is 4.90 Å². The van der Waals surface area contributed by atoms with Crippen molar-refractivity contribution in [3.63, 3.8) is 0 Å². The molecule has 0 fully saturated rings. The van der Waals surface area contributed by atoms with Crippen LogP contribution in [-0.2, 0) is 5.41 Å². The van der Waals surface area contributed by atoms with Crippen molar-refractivity contribution in [2.45, 2.75) is 12.3 Å². The lowest BCUT2D eigenvalue weighted by Crippen LogP contribution is -2.32. The van der Waals surface area contributed by atoms with Crippen LogP contribution in [-0.4, -0.2) is 0 Å². The predicted octanol–water partition coefficient (Wildman–Crippen LogP) is 16.5. The van der Waals surface area contributed by atoms with E-state index in [1.165, 1.54) is 83.5 Å². The van der Waals surface area contributed by atoms with Crippen molar-refractivity contribution in [3.05, 3.63) is 283 Å². The quantitative estimate of drug-likeness (QED) is 0.148. The third-order valence-corrected chi connectivity index (χ3v) is 12.8. The third kappa shape index (κ3) is 6.76. The molecule has 0 saturated heterocycles. The van der Waals surface area contributed by atoms with Crippen molar-refractivity contribution in [1.29, 1.82) is 0 Å². The van der Waals surface area contributed by atoms with Crippen LogP contribution in [0.3, 0.4) is 0 Å². The van der Waals surface area contributed by atoms with Gasteiger partial charge in [-0.3, -0.25) is 0 Å². The maximum Gasteiger partial charge on any atom is 0.0714 e. The van der Waals surface area contributed by atoms with Gasteiger partial charge in [-0.15, -0.1) is 0 Å². The summed E-state index contributed by atoms with van der Waals surface area (Å²) in [5.41, 5.74) is 20.8. The second kappa shape index (κ2) is 16.1. The summed E-state index contributed by atoms with van der Waals surface area (Å²) < 4.78 is 0. The molecule has 0 N–H and O–H groups in total. The van der Waals surface area contributed by atoms with Crippen LogP contribution in [0.2, 0.25) is 0 Å². The number of hydrogen-bond donors (Lipinski definition) is 0. The van der Waals surface area contributed by atoms with E-state index in [9.17, 15) is 0 Å². The van der Waals surface area contributed by atoms with Gasteiger partial charge in [0.25, 0.3) is 0 Å². The molecule has 10 aromatic rings. The number of hydrogen-bond acceptors (Lipinski definition) is 1. The molecule has 0 aliphatic heterocycles. The van der Waals surface area contributed by atoms with Crippen LogP contribution < -0.4 is 4.90 Å². The van der Waals surface area contributed by atoms with Crippen LogP contribution in [0.4, 0.5) is 17.1 Å². The molecule has 1 heteroatoms. The fourth-order valence-corrected chi connectivity index (χ4v) is 9.85. The third-order valence-electron chi connectivity index (χ3n) is 12.8. The Labute approximate surface area is 370 Å². The first-order valence-corrected chi connectivity index (χ1v) is 21.8. The first kappa shape index (κ1) is 38.0. The monoisotopic (exact) mass is 803 g/mol. The van der Waals surface area contributed by atoms with Gasteiger partial charge in [0.05, 0.1) is 5.41 Å². The van der Waals surface area contributed by atoms with Crippen LogP contribution in [0.1, 0.15) is 27.8 Å². The SMILES string of the molecule is Cc1ccc(N(c2ccc(-c3ccccc3)cc2)c2ccc(C3(c4cc(-c5ccccc5)cc(-c5ccccc5)c4)c4ccccc4-c4ccccc4-c4ccccc43)cc2)cc1. The van der Waals surface area contributed by atoms with E-state index in [0.29, 0.717) is 0 Å². The minimum absolute atomic E-state index is 0.717. The topological polar surface area (TPSA) is 3.24 Å². The molecule has 0 saturated carbocycles. The Hall–Kier alpha value is -8.00. The molecule has 0 heterocycles. The number of anilines is 3. The number of rotatable bonds is 8. The van der Waals surface area contributed by atoms with Crippen LogP contribution in [0, 0.1) is 6.92 Å². The second-order valence-electron chi connectivity index (χ2n) is 16.5. The fraction of sp³-hybridized carbons (Fsp3) is 0.0323. The molecule has 0 aromatic heterocycles. The second-order valence-corrected chi connectivity index (χ2v) is 16.5. The lowest BCUT2D eigenvalue weighted by molar-refractivity contribution is 0.752. The highest BCUT2D eigenvalue weighted by atomic mass is 15.1. The van der Waals surface area contributed by atoms with Crippen molar-refractivity contribution >= 4 is 17.1 Å². The molecule has 1 aliphatic rings. The van der Waals surface area contributed by atoms with Gasteiger partial charge in [-0.2, -0.15) is 0 Å². The molecular formula is C62H45N. The van der Waals surface area contributed by atoms with Crippen LogP contribution in [0.25, 0.3) is 55.6 Å². The number of fused-ring (bicyclic) bond motifs is 5. The van der Waals surface area contributed by atoms with Crippen LogP contribution >= 0.6 is 0 Å². The highest BCUT2D eigenvalue weighted by Crippen LogP contribution is 2.56. The summed E-state index contributed by atoms with van der Waals surface area (Å²) in [6.07, 6.45) is 0.